The Labute approximate surface area is 129 Å². The van der Waals surface area contributed by atoms with Crippen LogP contribution in [0.25, 0.3) is 0 Å². The summed E-state index contributed by atoms with van der Waals surface area (Å²) in [5.74, 6) is 2.77. The fourth-order valence-corrected chi connectivity index (χ4v) is 6.21. The monoisotopic (exact) mass is 304 g/mol. The lowest BCUT2D eigenvalue weighted by atomic mass is 9.50. The van der Waals surface area contributed by atoms with Gasteiger partial charge in [-0.25, -0.2) is 4.21 Å². The van der Waals surface area contributed by atoms with Crippen LogP contribution < -0.4 is 0 Å². The Morgan fingerprint density at radius 1 is 1.05 bits per heavy atom. The van der Waals surface area contributed by atoms with E-state index in [0.717, 1.165) is 22.6 Å². The average Bonchev–Trinajstić information content (AvgIpc) is 2.44. The molecule has 4 saturated carbocycles. The highest BCUT2D eigenvalue weighted by molar-refractivity contribution is 7.80. The zero-order valence-electron chi connectivity index (χ0n) is 12.7. The van der Waals surface area contributed by atoms with Crippen LogP contribution in [-0.4, -0.2) is 10.8 Å². The third kappa shape index (κ3) is 2.70. The van der Waals surface area contributed by atoms with Crippen LogP contribution in [0.2, 0.25) is 0 Å². The van der Waals surface area contributed by atoms with Gasteiger partial charge in [0, 0.05) is 0 Å². The van der Waals surface area contributed by atoms with Crippen molar-refractivity contribution in [2.75, 3.05) is 6.61 Å². The minimum atomic E-state index is -1.30. The lowest BCUT2D eigenvalue weighted by Crippen LogP contribution is -2.48. The predicted octanol–water partition coefficient (Wildman–Crippen LogP) is 4.25. The van der Waals surface area contributed by atoms with Crippen molar-refractivity contribution in [3.63, 3.8) is 0 Å². The highest BCUT2D eigenvalue weighted by Gasteiger charge is 2.51. The molecule has 1 aromatic carbocycles. The minimum Gasteiger partial charge on any atom is -0.286 e. The van der Waals surface area contributed by atoms with Crippen LogP contribution in [-0.2, 0) is 15.3 Å². The van der Waals surface area contributed by atoms with Crippen LogP contribution in [0.15, 0.2) is 29.2 Å². The molecule has 0 radical (unpaired) electrons. The molecular formula is C18H24O2S. The van der Waals surface area contributed by atoms with Gasteiger partial charge in [-0.05, 0) is 80.8 Å². The van der Waals surface area contributed by atoms with Gasteiger partial charge >= 0.3 is 0 Å². The quantitative estimate of drug-likeness (QED) is 0.831. The van der Waals surface area contributed by atoms with Crippen molar-refractivity contribution in [1.29, 1.82) is 0 Å². The molecule has 0 saturated heterocycles. The van der Waals surface area contributed by atoms with Gasteiger partial charge in [0.15, 0.2) is 11.1 Å². The van der Waals surface area contributed by atoms with E-state index in [0.29, 0.717) is 12.0 Å². The molecule has 21 heavy (non-hydrogen) atoms. The van der Waals surface area contributed by atoms with E-state index in [1.165, 1.54) is 44.1 Å². The molecule has 1 aromatic rings. The SMILES string of the molecule is Cc1ccc([S@@](=O)OCC23CC4CC(CC(C4)C2)C3)cc1. The van der Waals surface area contributed by atoms with Crippen molar-refractivity contribution in [1.82, 2.24) is 0 Å². The maximum atomic E-state index is 12.3. The summed E-state index contributed by atoms with van der Waals surface area (Å²) in [6.07, 6.45) is 8.26. The second kappa shape index (κ2) is 5.20. The Balaban J connectivity index is 1.42. The first-order valence-electron chi connectivity index (χ1n) is 8.24. The fourth-order valence-electron chi connectivity index (χ4n) is 5.36. The van der Waals surface area contributed by atoms with Gasteiger partial charge in [-0.1, -0.05) is 17.7 Å². The molecule has 4 bridgehead atoms. The van der Waals surface area contributed by atoms with Crippen LogP contribution in [0.4, 0.5) is 0 Å². The molecule has 1 atom stereocenters. The van der Waals surface area contributed by atoms with Gasteiger partial charge in [-0.2, -0.15) is 0 Å². The number of aryl methyl sites for hydroxylation is 1. The summed E-state index contributed by atoms with van der Waals surface area (Å²) in [6, 6.07) is 7.85. The molecule has 0 spiro atoms. The van der Waals surface area contributed by atoms with E-state index >= 15 is 0 Å². The molecule has 2 nitrogen and oxygen atoms in total. The second-order valence-electron chi connectivity index (χ2n) is 7.73. The van der Waals surface area contributed by atoms with Crippen molar-refractivity contribution in [2.24, 2.45) is 23.2 Å². The summed E-state index contributed by atoms with van der Waals surface area (Å²) >= 11 is -1.30. The topological polar surface area (TPSA) is 26.3 Å². The van der Waals surface area contributed by atoms with Crippen molar-refractivity contribution < 1.29 is 8.39 Å². The van der Waals surface area contributed by atoms with E-state index in [2.05, 4.69) is 0 Å². The molecule has 0 aliphatic heterocycles. The van der Waals surface area contributed by atoms with Gasteiger partial charge < -0.3 is 0 Å². The number of rotatable bonds is 4. The molecule has 0 aromatic heterocycles. The minimum absolute atomic E-state index is 0.342. The lowest BCUT2D eigenvalue weighted by Gasteiger charge is -2.56. The molecule has 0 N–H and O–H groups in total. The zero-order valence-corrected chi connectivity index (χ0v) is 13.5. The molecule has 114 valence electrons. The second-order valence-corrected chi connectivity index (χ2v) is 8.90. The van der Waals surface area contributed by atoms with E-state index < -0.39 is 11.1 Å². The van der Waals surface area contributed by atoms with Gasteiger partial charge in [0.2, 0.25) is 0 Å². The predicted molar refractivity (Wildman–Crippen MR) is 84.1 cm³/mol. The third-order valence-corrected chi connectivity index (χ3v) is 6.84. The van der Waals surface area contributed by atoms with Crippen molar-refractivity contribution >= 4 is 11.1 Å². The lowest BCUT2D eigenvalue weighted by molar-refractivity contribution is -0.0726. The van der Waals surface area contributed by atoms with Crippen molar-refractivity contribution in [2.45, 2.75) is 50.3 Å². The number of benzene rings is 1. The largest absolute Gasteiger partial charge is 0.286 e. The first kappa shape index (κ1) is 14.0. The summed E-state index contributed by atoms with van der Waals surface area (Å²) in [4.78, 5) is 0.797. The Hall–Kier alpha value is -0.670. The third-order valence-electron chi connectivity index (χ3n) is 5.85. The summed E-state index contributed by atoms with van der Waals surface area (Å²) in [5.41, 5.74) is 1.53. The maximum Gasteiger partial charge on any atom is 0.189 e. The molecule has 0 unspecified atom stereocenters. The van der Waals surface area contributed by atoms with E-state index in [9.17, 15) is 4.21 Å². The smallest absolute Gasteiger partial charge is 0.189 e. The molecule has 0 amide bonds. The van der Waals surface area contributed by atoms with Crippen LogP contribution in [0.5, 0.6) is 0 Å². The maximum absolute atomic E-state index is 12.3. The summed E-state index contributed by atoms with van der Waals surface area (Å²) in [6.45, 7) is 2.74. The van der Waals surface area contributed by atoms with E-state index in [4.69, 9.17) is 4.18 Å². The van der Waals surface area contributed by atoms with Gasteiger partial charge in [-0.3, -0.25) is 4.18 Å². The molecule has 4 fully saturated rings. The van der Waals surface area contributed by atoms with Crippen LogP contribution in [0.1, 0.15) is 44.1 Å². The Morgan fingerprint density at radius 2 is 1.57 bits per heavy atom. The normalized spacial score (nSPS) is 38.6. The number of hydrogen-bond acceptors (Lipinski definition) is 2. The summed E-state index contributed by atoms with van der Waals surface area (Å²) < 4.78 is 18.2. The first-order valence-corrected chi connectivity index (χ1v) is 9.31. The molecule has 5 rings (SSSR count). The van der Waals surface area contributed by atoms with Crippen LogP contribution in [0.3, 0.4) is 0 Å². The number of hydrogen-bond donors (Lipinski definition) is 0. The Kier molecular flexibility index (Phi) is 3.46. The summed E-state index contributed by atoms with van der Waals surface area (Å²) in [5, 5.41) is 0. The van der Waals surface area contributed by atoms with Crippen LogP contribution in [0, 0.1) is 30.1 Å². The Morgan fingerprint density at radius 3 is 2.10 bits per heavy atom. The zero-order chi connectivity index (χ0) is 14.4. The molecule has 0 heterocycles. The van der Waals surface area contributed by atoms with E-state index in [1.807, 2.05) is 31.2 Å². The van der Waals surface area contributed by atoms with Crippen LogP contribution >= 0.6 is 0 Å². The molecule has 3 heteroatoms. The Bertz CT molecular complexity index is 514. The van der Waals surface area contributed by atoms with E-state index in [1.54, 1.807) is 0 Å². The summed E-state index contributed by atoms with van der Waals surface area (Å²) in [7, 11) is 0. The standard InChI is InChI=1S/C18H24O2S/c1-13-2-4-17(5-3-13)21(19)20-12-18-9-14-6-15(10-18)8-16(7-14)11-18/h2-5,14-16H,6-12H2,1H3/t14?,15?,16?,18?,21-/m0/s1. The fraction of sp³-hybridized carbons (Fsp3) is 0.667. The molecular weight excluding hydrogens is 280 g/mol. The van der Waals surface area contributed by atoms with E-state index in [-0.39, 0.29) is 0 Å². The molecule has 4 aliphatic carbocycles. The highest BCUT2D eigenvalue weighted by atomic mass is 32.2. The molecule has 4 aliphatic rings. The van der Waals surface area contributed by atoms with Gasteiger partial charge in [0.05, 0.1) is 11.5 Å². The van der Waals surface area contributed by atoms with Crippen molar-refractivity contribution in [3.8, 4) is 0 Å². The van der Waals surface area contributed by atoms with Gasteiger partial charge in [-0.15, -0.1) is 0 Å². The highest BCUT2D eigenvalue weighted by Crippen LogP contribution is 2.60. The first-order chi connectivity index (χ1) is 10.1. The van der Waals surface area contributed by atoms with Gasteiger partial charge in [0.25, 0.3) is 0 Å². The van der Waals surface area contributed by atoms with Crippen molar-refractivity contribution in [3.05, 3.63) is 29.8 Å². The van der Waals surface area contributed by atoms with Gasteiger partial charge in [0.1, 0.15) is 0 Å². The average molecular weight is 304 g/mol.